The van der Waals surface area contributed by atoms with Gasteiger partial charge in [-0.05, 0) is 77.0 Å². The summed E-state index contributed by atoms with van der Waals surface area (Å²) in [4.78, 5) is 35.3. The van der Waals surface area contributed by atoms with Crippen LogP contribution in [0.2, 0.25) is 0 Å². The van der Waals surface area contributed by atoms with Gasteiger partial charge < -0.3 is 18.9 Å². The van der Waals surface area contributed by atoms with Gasteiger partial charge in [0, 0.05) is 12.8 Å². The molecule has 0 spiro atoms. The lowest BCUT2D eigenvalue weighted by Crippen LogP contribution is -2.37. The fraction of sp³-hybridized carbons (Fsp3) is 0.750. The van der Waals surface area contributed by atoms with Crippen molar-refractivity contribution in [2.75, 3.05) is 47.5 Å². The molecule has 0 heterocycles. The monoisotopic (exact) mass is 837 g/mol. The van der Waals surface area contributed by atoms with Gasteiger partial charge in [-0.2, -0.15) is 0 Å². The molecular formula is C48H87NO8P+. The Morgan fingerprint density at radius 2 is 0.948 bits per heavy atom. The first-order valence-corrected chi connectivity index (χ1v) is 24.5. The topological polar surface area (TPSA) is 108 Å². The summed E-state index contributed by atoms with van der Waals surface area (Å²) in [5, 5.41) is 0. The van der Waals surface area contributed by atoms with Crippen molar-refractivity contribution in [3.05, 3.63) is 60.8 Å². The summed E-state index contributed by atoms with van der Waals surface area (Å²) >= 11 is 0. The number of carbonyl (C=O) groups is 2. The van der Waals surface area contributed by atoms with Crippen LogP contribution in [0.1, 0.15) is 181 Å². The standard InChI is InChI=1S/C48H86NO8P/c1-6-8-10-12-14-16-18-20-21-22-23-24-25-26-27-29-30-32-34-36-38-40-47(50)54-44-46(45-56-58(52,53)55-43-42-49(3,4)5)57-48(51)41-39-37-35-33-31-28-19-17-15-13-11-9-7-2/h17,19,21-22,24-25,27,29,32,34,46H,6-16,18,20,23,26,28,30-31,33,35-45H2,1-5H3/p+1/b19-17+,22-21+,25-24+,29-27+,34-32+/t46-/m0/s1. The van der Waals surface area contributed by atoms with Gasteiger partial charge in [-0.15, -0.1) is 0 Å². The van der Waals surface area contributed by atoms with Crippen LogP contribution in [-0.2, 0) is 32.7 Å². The number of phosphoric acid groups is 1. The van der Waals surface area contributed by atoms with Crippen molar-refractivity contribution in [1.29, 1.82) is 0 Å². The summed E-state index contributed by atoms with van der Waals surface area (Å²) in [6, 6.07) is 0. The maximum atomic E-state index is 12.7. The molecule has 0 aromatic carbocycles. The quantitative estimate of drug-likeness (QED) is 0.0213. The van der Waals surface area contributed by atoms with Gasteiger partial charge in [0.1, 0.15) is 19.8 Å². The molecule has 2 atom stereocenters. The Labute approximate surface area is 356 Å². The molecule has 0 aliphatic heterocycles. The first kappa shape index (κ1) is 55.7. The van der Waals surface area contributed by atoms with Crippen LogP contribution in [0.3, 0.4) is 0 Å². The van der Waals surface area contributed by atoms with E-state index >= 15 is 0 Å². The molecule has 0 aliphatic carbocycles. The average Bonchev–Trinajstić information content (AvgIpc) is 3.17. The molecule has 0 bridgehead atoms. The number of esters is 2. The molecule has 0 amide bonds. The predicted octanol–water partition coefficient (Wildman–Crippen LogP) is 13.2. The summed E-state index contributed by atoms with van der Waals surface area (Å²) < 4.78 is 34.2. The lowest BCUT2D eigenvalue weighted by Gasteiger charge is -2.24. The second-order valence-corrected chi connectivity index (χ2v) is 17.9. The fourth-order valence-corrected chi connectivity index (χ4v) is 6.62. The maximum absolute atomic E-state index is 12.7. The second kappa shape index (κ2) is 40.1. The van der Waals surface area contributed by atoms with Crippen molar-refractivity contribution in [2.24, 2.45) is 0 Å². The van der Waals surface area contributed by atoms with Gasteiger partial charge in [0.25, 0.3) is 0 Å². The van der Waals surface area contributed by atoms with Crippen LogP contribution in [-0.4, -0.2) is 74.9 Å². The molecule has 1 unspecified atom stereocenters. The van der Waals surface area contributed by atoms with E-state index in [1.807, 2.05) is 21.1 Å². The summed E-state index contributed by atoms with van der Waals surface area (Å²) in [7, 11) is 1.44. The summed E-state index contributed by atoms with van der Waals surface area (Å²) in [6.07, 6.45) is 48.5. The minimum Gasteiger partial charge on any atom is -0.462 e. The molecular weight excluding hydrogens is 750 g/mol. The maximum Gasteiger partial charge on any atom is 0.472 e. The van der Waals surface area contributed by atoms with Crippen LogP contribution in [0.5, 0.6) is 0 Å². The van der Waals surface area contributed by atoms with E-state index in [0.29, 0.717) is 23.9 Å². The number of quaternary nitrogens is 1. The summed E-state index contributed by atoms with van der Waals surface area (Å²) in [5.41, 5.74) is 0. The average molecular weight is 837 g/mol. The van der Waals surface area contributed by atoms with Crippen LogP contribution in [0.25, 0.3) is 0 Å². The Hall–Kier alpha value is -2.29. The molecule has 0 aromatic heterocycles. The molecule has 0 saturated heterocycles. The molecule has 10 heteroatoms. The lowest BCUT2D eigenvalue weighted by molar-refractivity contribution is -0.870. The Bertz CT molecular complexity index is 1170. The van der Waals surface area contributed by atoms with Crippen LogP contribution in [0, 0.1) is 0 Å². The third-order valence-electron chi connectivity index (χ3n) is 9.52. The van der Waals surface area contributed by atoms with E-state index in [1.165, 1.54) is 83.5 Å². The van der Waals surface area contributed by atoms with E-state index in [2.05, 4.69) is 74.6 Å². The van der Waals surface area contributed by atoms with Gasteiger partial charge in [0.05, 0.1) is 27.7 Å². The van der Waals surface area contributed by atoms with E-state index in [1.54, 1.807) is 0 Å². The number of hydrogen-bond donors (Lipinski definition) is 1. The van der Waals surface area contributed by atoms with Crippen molar-refractivity contribution in [3.63, 3.8) is 0 Å². The molecule has 0 radical (unpaired) electrons. The molecule has 336 valence electrons. The largest absolute Gasteiger partial charge is 0.472 e. The van der Waals surface area contributed by atoms with Crippen LogP contribution in [0.15, 0.2) is 60.8 Å². The van der Waals surface area contributed by atoms with Gasteiger partial charge in [-0.1, -0.05) is 152 Å². The smallest absolute Gasteiger partial charge is 0.462 e. The zero-order valence-electron chi connectivity index (χ0n) is 37.8. The third kappa shape index (κ3) is 43.3. The van der Waals surface area contributed by atoms with Crippen LogP contribution in [0.4, 0.5) is 0 Å². The number of allylic oxidation sites excluding steroid dienone is 10. The third-order valence-corrected chi connectivity index (χ3v) is 10.5. The van der Waals surface area contributed by atoms with Crippen LogP contribution < -0.4 is 0 Å². The Morgan fingerprint density at radius 3 is 1.47 bits per heavy atom. The first-order chi connectivity index (χ1) is 28.0. The number of phosphoric ester groups is 1. The molecule has 0 aromatic rings. The highest BCUT2D eigenvalue weighted by Gasteiger charge is 2.27. The molecule has 58 heavy (non-hydrogen) atoms. The number of unbranched alkanes of at least 4 members (excludes halogenated alkanes) is 17. The number of nitrogens with zero attached hydrogens (tertiary/aromatic N) is 1. The Morgan fingerprint density at radius 1 is 0.534 bits per heavy atom. The zero-order chi connectivity index (χ0) is 42.8. The van der Waals surface area contributed by atoms with Gasteiger partial charge in [0.15, 0.2) is 6.10 Å². The molecule has 9 nitrogen and oxygen atoms in total. The van der Waals surface area contributed by atoms with E-state index < -0.39 is 32.5 Å². The SMILES string of the molecule is CCCCCC/C=C/CCCCCCCC(=O)O[C@@H](COC(=O)CCC/C=C/C/C=C/C/C=C/C/C=C/CCCCCCCCC)COP(=O)(O)OCC[N+](C)(C)C. The second-order valence-electron chi connectivity index (χ2n) is 16.4. The number of carbonyl (C=O) groups excluding carboxylic acids is 2. The number of rotatable bonds is 41. The number of hydrogen-bond acceptors (Lipinski definition) is 7. The Balaban J connectivity index is 4.42. The molecule has 0 saturated carbocycles. The van der Waals surface area contributed by atoms with Crippen molar-refractivity contribution < 1.29 is 42.1 Å². The highest BCUT2D eigenvalue weighted by atomic mass is 31.2. The summed E-state index contributed by atoms with van der Waals surface area (Å²) in [5.74, 6) is -0.877. The van der Waals surface area contributed by atoms with E-state index in [4.69, 9.17) is 18.5 Å². The van der Waals surface area contributed by atoms with Gasteiger partial charge in [-0.3, -0.25) is 18.6 Å². The normalized spacial score (nSPS) is 14.1. The molecule has 0 aliphatic rings. The number of ether oxygens (including phenoxy) is 2. The Kier molecular flexibility index (Phi) is 38.5. The van der Waals surface area contributed by atoms with Gasteiger partial charge in [-0.25, -0.2) is 4.57 Å². The molecule has 0 rings (SSSR count). The minimum atomic E-state index is -4.39. The van der Waals surface area contributed by atoms with Gasteiger partial charge >= 0.3 is 19.8 Å². The fourth-order valence-electron chi connectivity index (χ4n) is 5.88. The van der Waals surface area contributed by atoms with Gasteiger partial charge in [0.2, 0.25) is 0 Å². The minimum absolute atomic E-state index is 0.0195. The van der Waals surface area contributed by atoms with Crippen LogP contribution >= 0.6 is 7.82 Å². The first-order valence-electron chi connectivity index (χ1n) is 23.0. The van der Waals surface area contributed by atoms with E-state index in [0.717, 1.165) is 57.8 Å². The molecule has 1 N–H and O–H groups in total. The predicted molar refractivity (Wildman–Crippen MR) is 243 cm³/mol. The van der Waals surface area contributed by atoms with Crippen molar-refractivity contribution in [3.8, 4) is 0 Å². The van der Waals surface area contributed by atoms with E-state index in [-0.39, 0.29) is 26.1 Å². The molecule has 0 fully saturated rings. The summed E-state index contributed by atoms with van der Waals surface area (Å²) in [6.45, 7) is 4.32. The van der Waals surface area contributed by atoms with Crippen molar-refractivity contribution >= 4 is 19.8 Å². The highest BCUT2D eigenvalue weighted by Crippen LogP contribution is 2.43. The van der Waals surface area contributed by atoms with Crippen molar-refractivity contribution in [1.82, 2.24) is 0 Å². The zero-order valence-corrected chi connectivity index (χ0v) is 38.7. The lowest BCUT2D eigenvalue weighted by atomic mass is 10.1. The van der Waals surface area contributed by atoms with E-state index in [9.17, 15) is 19.0 Å². The number of likely N-dealkylation sites (N-methyl/N-ethyl adjacent to an activating group) is 1. The van der Waals surface area contributed by atoms with Crippen molar-refractivity contribution in [2.45, 2.75) is 187 Å². The highest BCUT2D eigenvalue weighted by molar-refractivity contribution is 7.47.